The molecule has 0 bridgehead atoms. The Labute approximate surface area is 113 Å². The van der Waals surface area contributed by atoms with Crippen LogP contribution >= 0.6 is 0 Å². The van der Waals surface area contributed by atoms with E-state index in [1.54, 1.807) is 6.92 Å². The van der Waals surface area contributed by atoms with E-state index in [0.717, 1.165) is 13.1 Å². The zero-order chi connectivity index (χ0) is 14.0. The SMILES string of the molecule is Cc1cc(F)c(C(C)NCC2CCCN2C)cc1F. The molecule has 1 aliphatic heterocycles. The third-order valence-electron chi connectivity index (χ3n) is 4.08. The maximum absolute atomic E-state index is 13.8. The van der Waals surface area contributed by atoms with Crippen molar-refractivity contribution in [2.45, 2.75) is 38.8 Å². The summed E-state index contributed by atoms with van der Waals surface area (Å²) in [6.45, 7) is 5.39. The molecule has 1 heterocycles. The lowest BCUT2D eigenvalue weighted by molar-refractivity contribution is 0.293. The van der Waals surface area contributed by atoms with Crippen molar-refractivity contribution < 1.29 is 8.78 Å². The minimum atomic E-state index is -0.344. The monoisotopic (exact) mass is 268 g/mol. The zero-order valence-electron chi connectivity index (χ0n) is 11.8. The summed E-state index contributed by atoms with van der Waals surface area (Å²) in [5.74, 6) is -0.679. The molecule has 106 valence electrons. The van der Waals surface area contributed by atoms with E-state index in [4.69, 9.17) is 0 Å². The molecule has 1 N–H and O–H groups in total. The van der Waals surface area contributed by atoms with Crippen LogP contribution in [0.25, 0.3) is 0 Å². The number of hydrogen-bond donors (Lipinski definition) is 1. The van der Waals surface area contributed by atoms with Gasteiger partial charge in [-0.3, -0.25) is 0 Å². The van der Waals surface area contributed by atoms with Gasteiger partial charge in [-0.05, 0) is 58.0 Å². The van der Waals surface area contributed by atoms with Gasteiger partial charge < -0.3 is 10.2 Å². The van der Waals surface area contributed by atoms with Crippen molar-refractivity contribution >= 4 is 0 Å². The van der Waals surface area contributed by atoms with Crippen LogP contribution in [0.2, 0.25) is 0 Å². The Morgan fingerprint density at radius 2 is 2.11 bits per heavy atom. The Hall–Kier alpha value is -1.00. The minimum Gasteiger partial charge on any atom is -0.309 e. The molecule has 4 heteroatoms. The Balaban J connectivity index is 1.99. The van der Waals surface area contributed by atoms with Gasteiger partial charge in [-0.1, -0.05) is 0 Å². The van der Waals surface area contributed by atoms with Crippen molar-refractivity contribution in [3.63, 3.8) is 0 Å². The molecule has 2 atom stereocenters. The summed E-state index contributed by atoms with van der Waals surface area (Å²) in [6.07, 6.45) is 2.38. The lowest BCUT2D eigenvalue weighted by atomic mass is 10.0. The summed E-state index contributed by atoms with van der Waals surface area (Å²) in [6, 6.07) is 2.90. The Morgan fingerprint density at radius 3 is 2.74 bits per heavy atom. The number of nitrogens with zero attached hydrogens (tertiary/aromatic N) is 1. The average Bonchev–Trinajstić information content (AvgIpc) is 2.76. The van der Waals surface area contributed by atoms with E-state index < -0.39 is 0 Å². The van der Waals surface area contributed by atoms with Crippen LogP contribution in [-0.4, -0.2) is 31.1 Å². The Kier molecular flexibility index (Phi) is 4.53. The predicted molar refractivity (Wildman–Crippen MR) is 73.2 cm³/mol. The topological polar surface area (TPSA) is 15.3 Å². The highest BCUT2D eigenvalue weighted by Crippen LogP contribution is 2.21. The van der Waals surface area contributed by atoms with E-state index in [2.05, 4.69) is 17.3 Å². The first-order valence-corrected chi connectivity index (χ1v) is 6.88. The molecule has 19 heavy (non-hydrogen) atoms. The van der Waals surface area contributed by atoms with Gasteiger partial charge in [-0.15, -0.1) is 0 Å². The second-order valence-electron chi connectivity index (χ2n) is 5.53. The maximum atomic E-state index is 13.8. The van der Waals surface area contributed by atoms with Gasteiger partial charge in [0, 0.05) is 24.2 Å². The van der Waals surface area contributed by atoms with Gasteiger partial charge in [0.1, 0.15) is 11.6 Å². The van der Waals surface area contributed by atoms with Crippen LogP contribution in [0.5, 0.6) is 0 Å². The predicted octanol–water partition coefficient (Wildman–Crippen LogP) is 3.02. The van der Waals surface area contributed by atoms with Crippen molar-refractivity contribution in [3.8, 4) is 0 Å². The number of halogens is 2. The standard InChI is InChI=1S/C15H22F2N2/c1-10-7-15(17)13(8-14(10)16)11(2)18-9-12-5-4-6-19(12)3/h7-8,11-12,18H,4-6,9H2,1-3H3. The van der Waals surface area contributed by atoms with E-state index >= 15 is 0 Å². The quantitative estimate of drug-likeness (QED) is 0.903. The lowest BCUT2D eigenvalue weighted by Crippen LogP contribution is -2.36. The number of rotatable bonds is 4. The fourth-order valence-corrected chi connectivity index (χ4v) is 2.65. The van der Waals surface area contributed by atoms with Crippen LogP contribution in [0.1, 0.15) is 36.9 Å². The average molecular weight is 268 g/mol. The van der Waals surface area contributed by atoms with Crippen LogP contribution < -0.4 is 5.32 Å². The summed E-state index contributed by atoms with van der Waals surface area (Å²) >= 11 is 0. The van der Waals surface area contributed by atoms with E-state index in [-0.39, 0.29) is 17.7 Å². The van der Waals surface area contributed by atoms with E-state index in [0.29, 0.717) is 17.2 Å². The molecule has 1 saturated heterocycles. The lowest BCUT2D eigenvalue weighted by Gasteiger charge is -2.23. The van der Waals surface area contributed by atoms with Crippen LogP contribution in [0.3, 0.4) is 0 Å². The van der Waals surface area contributed by atoms with Gasteiger partial charge in [0.05, 0.1) is 0 Å². The first-order chi connectivity index (χ1) is 8.99. The normalized spacial score (nSPS) is 21.8. The smallest absolute Gasteiger partial charge is 0.128 e. The molecular formula is C15H22F2N2. The summed E-state index contributed by atoms with van der Waals surface area (Å²) in [7, 11) is 2.11. The molecule has 1 aliphatic rings. The second-order valence-corrected chi connectivity index (χ2v) is 5.53. The fourth-order valence-electron chi connectivity index (χ4n) is 2.65. The number of benzene rings is 1. The molecule has 1 aromatic rings. The van der Waals surface area contributed by atoms with Crippen LogP contribution in [0, 0.1) is 18.6 Å². The molecule has 0 aliphatic carbocycles. The highest BCUT2D eigenvalue weighted by atomic mass is 19.1. The van der Waals surface area contributed by atoms with Gasteiger partial charge in [0.25, 0.3) is 0 Å². The first kappa shape index (κ1) is 14.4. The van der Waals surface area contributed by atoms with Gasteiger partial charge >= 0.3 is 0 Å². The third-order valence-corrected chi connectivity index (χ3v) is 4.08. The van der Waals surface area contributed by atoms with Crippen LogP contribution in [0.15, 0.2) is 12.1 Å². The molecule has 0 saturated carbocycles. The summed E-state index contributed by atoms with van der Waals surface area (Å²) in [5.41, 5.74) is 0.757. The number of likely N-dealkylation sites (tertiary alicyclic amines) is 1. The van der Waals surface area contributed by atoms with Gasteiger partial charge in [0.15, 0.2) is 0 Å². The first-order valence-electron chi connectivity index (χ1n) is 6.88. The Morgan fingerprint density at radius 1 is 1.37 bits per heavy atom. The van der Waals surface area contributed by atoms with Crippen molar-refractivity contribution in [3.05, 3.63) is 34.9 Å². The van der Waals surface area contributed by atoms with Crippen LogP contribution in [-0.2, 0) is 0 Å². The van der Waals surface area contributed by atoms with Crippen molar-refractivity contribution in [2.75, 3.05) is 20.1 Å². The molecule has 1 fully saturated rings. The molecule has 0 amide bonds. The van der Waals surface area contributed by atoms with Crippen molar-refractivity contribution in [2.24, 2.45) is 0 Å². The van der Waals surface area contributed by atoms with Gasteiger partial charge in [-0.2, -0.15) is 0 Å². The van der Waals surface area contributed by atoms with Crippen LogP contribution in [0.4, 0.5) is 8.78 Å². The van der Waals surface area contributed by atoms with E-state index in [9.17, 15) is 8.78 Å². The highest BCUT2D eigenvalue weighted by Gasteiger charge is 2.22. The second kappa shape index (κ2) is 5.97. The molecule has 0 aromatic heterocycles. The maximum Gasteiger partial charge on any atom is 0.128 e. The summed E-state index contributed by atoms with van der Waals surface area (Å²) in [4.78, 5) is 2.31. The van der Waals surface area contributed by atoms with E-state index in [1.807, 2.05) is 6.92 Å². The number of nitrogens with one attached hydrogen (secondary N) is 1. The third kappa shape index (κ3) is 3.31. The molecule has 0 radical (unpaired) electrons. The molecule has 2 unspecified atom stereocenters. The molecular weight excluding hydrogens is 246 g/mol. The molecule has 2 nitrogen and oxygen atoms in total. The number of aryl methyl sites for hydroxylation is 1. The molecule has 2 rings (SSSR count). The number of hydrogen-bond acceptors (Lipinski definition) is 2. The fraction of sp³-hybridized carbons (Fsp3) is 0.600. The number of likely N-dealkylation sites (N-methyl/N-ethyl adjacent to an activating group) is 1. The summed E-state index contributed by atoms with van der Waals surface area (Å²) in [5, 5.41) is 3.31. The van der Waals surface area contributed by atoms with Gasteiger partial charge in [-0.25, -0.2) is 8.78 Å². The van der Waals surface area contributed by atoms with Crippen molar-refractivity contribution in [1.29, 1.82) is 0 Å². The highest BCUT2D eigenvalue weighted by molar-refractivity contribution is 5.27. The van der Waals surface area contributed by atoms with E-state index in [1.165, 1.54) is 25.0 Å². The summed E-state index contributed by atoms with van der Waals surface area (Å²) < 4.78 is 27.4. The Bertz CT molecular complexity index is 448. The molecule has 0 spiro atoms. The zero-order valence-corrected chi connectivity index (χ0v) is 11.8. The largest absolute Gasteiger partial charge is 0.309 e. The van der Waals surface area contributed by atoms with Crippen molar-refractivity contribution in [1.82, 2.24) is 10.2 Å². The molecule has 1 aromatic carbocycles. The van der Waals surface area contributed by atoms with Gasteiger partial charge in [0.2, 0.25) is 0 Å². The minimum absolute atomic E-state index is 0.177.